The summed E-state index contributed by atoms with van der Waals surface area (Å²) in [5.74, 6) is 0.667. The van der Waals surface area contributed by atoms with E-state index in [9.17, 15) is 8.42 Å². The average Bonchev–Trinajstić information content (AvgIpc) is 2.18. The van der Waals surface area contributed by atoms with Gasteiger partial charge in [-0.25, -0.2) is 18.1 Å². The van der Waals surface area contributed by atoms with Crippen LogP contribution in [0, 0.1) is 0 Å². The molecule has 0 unspecified atom stereocenters. The minimum absolute atomic E-state index is 0.166. The van der Waals surface area contributed by atoms with Gasteiger partial charge in [-0.2, -0.15) is 0 Å². The third-order valence-corrected chi connectivity index (χ3v) is 3.15. The highest BCUT2D eigenvalue weighted by molar-refractivity contribution is 7.89. The van der Waals surface area contributed by atoms with Gasteiger partial charge in [-0.3, -0.25) is 0 Å². The van der Waals surface area contributed by atoms with Crippen molar-refractivity contribution < 1.29 is 8.42 Å². The molecule has 0 saturated heterocycles. The first-order valence-electron chi connectivity index (χ1n) is 4.62. The van der Waals surface area contributed by atoms with E-state index >= 15 is 0 Å². The number of pyridine rings is 1. The van der Waals surface area contributed by atoms with Gasteiger partial charge in [0.15, 0.2) is 0 Å². The Morgan fingerprint density at radius 1 is 1.33 bits per heavy atom. The second-order valence-corrected chi connectivity index (χ2v) is 5.27. The molecule has 0 bridgehead atoms. The zero-order valence-corrected chi connectivity index (χ0v) is 9.80. The third-order valence-electron chi connectivity index (χ3n) is 1.75. The molecule has 0 spiro atoms. The van der Waals surface area contributed by atoms with Gasteiger partial charge in [0.05, 0.1) is 0 Å². The van der Waals surface area contributed by atoms with Gasteiger partial charge in [0.1, 0.15) is 10.7 Å². The van der Waals surface area contributed by atoms with Crippen LogP contribution in [0.25, 0.3) is 0 Å². The Hall–Kier alpha value is -1.14. The minimum Gasteiger partial charge on any atom is -0.368 e. The maximum Gasteiger partial charge on any atom is 0.241 e. The van der Waals surface area contributed by atoms with Crippen molar-refractivity contribution in [2.75, 3.05) is 12.4 Å². The van der Waals surface area contributed by atoms with Crippen molar-refractivity contribution in [2.45, 2.75) is 24.8 Å². The van der Waals surface area contributed by atoms with E-state index in [1.807, 2.05) is 13.8 Å². The van der Waals surface area contributed by atoms with Crippen LogP contribution in [-0.4, -0.2) is 26.5 Å². The maximum atomic E-state index is 11.4. The van der Waals surface area contributed by atoms with Gasteiger partial charge in [0, 0.05) is 12.2 Å². The number of hydrogen-bond acceptors (Lipinski definition) is 4. The third kappa shape index (κ3) is 3.17. The lowest BCUT2D eigenvalue weighted by molar-refractivity contribution is 0.588. The SMILES string of the molecule is CNS(=O)(=O)c1ccc(NC(C)C)nc1. The molecule has 15 heavy (non-hydrogen) atoms. The lowest BCUT2D eigenvalue weighted by atomic mass is 10.4. The zero-order valence-electron chi connectivity index (χ0n) is 8.98. The maximum absolute atomic E-state index is 11.4. The highest BCUT2D eigenvalue weighted by Crippen LogP contribution is 2.10. The molecule has 0 aromatic carbocycles. The van der Waals surface area contributed by atoms with Crippen LogP contribution < -0.4 is 10.0 Å². The van der Waals surface area contributed by atoms with Crippen molar-refractivity contribution in [3.63, 3.8) is 0 Å². The van der Waals surface area contributed by atoms with Gasteiger partial charge in [0.2, 0.25) is 10.0 Å². The van der Waals surface area contributed by atoms with E-state index in [1.54, 1.807) is 6.07 Å². The lowest BCUT2D eigenvalue weighted by Crippen LogP contribution is -2.19. The van der Waals surface area contributed by atoms with Crippen LogP contribution in [0.1, 0.15) is 13.8 Å². The normalized spacial score (nSPS) is 11.7. The monoisotopic (exact) mass is 229 g/mol. The Morgan fingerprint density at radius 3 is 2.40 bits per heavy atom. The van der Waals surface area contributed by atoms with Gasteiger partial charge in [0.25, 0.3) is 0 Å². The van der Waals surface area contributed by atoms with Crippen LogP contribution in [0.15, 0.2) is 23.2 Å². The fourth-order valence-corrected chi connectivity index (χ4v) is 1.71. The van der Waals surface area contributed by atoms with Gasteiger partial charge >= 0.3 is 0 Å². The van der Waals surface area contributed by atoms with E-state index in [4.69, 9.17) is 0 Å². The molecule has 5 nitrogen and oxygen atoms in total. The van der Waals surface area contributed by atoms with Gasteiger partial charge in [-0.05, 0) is 33.0 Å². The first kappa shape index (κ1) is 11.9. The minimum atomic E-state index is -3.38. The van der Waals surface area contributed by atoms with Crippen LogP contribution in [-0.2, 0) is 10.0 Å². The molecule has 1 heterocycles. The van der Waals surface area contributed by atoms with Gasteiger partial charge < -0.3 is 5.32 Å². The molecule has 0 aliphatic rings. The Balaban J connectivity index is 2.91. The van der Waals surface area contributed by atoms with Crippen molar-refractivity contribution in [3.8, 4) is 0 Å². The van der Waals surface area contributed by atoms with Crippen LogP contribution in [0.4, 0.5) is 5.82 Å². The quantitative estimate of drug-likeness (QED) is 0.801. The largest absolute Gasteiger partial charge is 0.368 e. The molecule has 0 atom stereocenters. The molecule has 0 aliphatic heterocycles. The summed E-state index contributed by atoms with van der Waals surface area (Å²) in [6.45, 7) is 3.97. The molecule has 1 rings (SSSR count). The molecular formula is C9H15N3O2S. The highest BCUT2D eigenvalue weighted by Gasteiger charge is 2.11. The summed E-state index contributed by atoms with van der Waals surface area (Å²) in [5.41, 5.74) is 0. The number of sulfonamides is 1. The summed E-state index contributed by atoms with van der Waals surface area (Å²) in [4.78, 5) is 4.17. The van der Waals surface area contributed by atoms with E-state index < -0.39 is 10.0 Å². The smallest absolute Gasteiger partial charge is 0.241 e. The predicted molar refractivity (Wildman–Crippen MR) is 59.2 cm³/mol. The van der Waals surface area contributed by atoms with Gasteiger partial charge in [-0.15, -0.1) is 0 Å². The van der Waals surface area contributed by atoms with Crippen molar-refractivity contribution in [3.05, 3.63) is 18.3 Å². The molecule has 2 N–H and O–H groups in total. The predicted octanol–water partition coefficient (Wildman–Crippen LogP) is 0.810. The molecule has 0 saturated carbocycles. The Labute approximate surface area is 90.0 Å². The number of rotatable bonds is 4. The number of anilines is 1. The molecule has 84 valence electrons. The van der Waals surface area contributed by atoms with E-state index in [1.165, 1.54) is 19.3 Å². The molecule has 0 fully saturated rings. The van der Waals surface area contributed by atoms with Crippen LogP contribution >= 0.6 is 0 Å². The number of nitrogens with zero attached hydrogens (tertiary/aromatic N) is 1. The topological polar surface area (TPSA) is 71.1 Å². The summed E-state index contributed by atoms with van der Waals surface area (Å²) in [6.07, 6.45) is 1.33. The first-order chi connectivity index (χ1) is 6.95. The lowest BCUT2D eigenvalue weighted by Gasteiger charge is -2.09. The van der Waals surface area contributed by atoms with Crippen molar-refractivity contribution >= 4 is 15.8 Å². The number of hydrogen-bond donors (Lipinski definition) is 2. The van der Waals surface area contributed by atoms with E-state index in [0.717, 1.165) is 0 Å². The first-order valence-corrected chi connectivity index (χ1v) is 6.10. The number of aromatic nitrogens is 1. The Bertz CT molecular complexity index is 411. The fraction of sp³-hybridized carbons (Fsp3) is 0.444. The molecule has 1 aromatic rings. The van der Waals surface area contributed by atoms with E-state index in [2.05, 4.69) is 15.0 Å². The molecule has 0 amide bonds. The summed E-state index contributed by atoms with van der Waals surface area (Å²) < 4.78 is 25.0. The Kier molecular flexibility index (Phi) is 3.65. The van der Waals surface area contributed by atoms with Crippen LogP contribution in [0.2, 0.25) is 0 Å². The average molecular weight is 229 g/mol. The van der Waals surface area contributed by atoms with Crippen LogP contribution in [0.5, 0.6) is 0 Å². The second-order valence-electron chi connectivity index (χ2n) is 3.39. The van der Waals surface area contributed by atoms with Crippen LogP contribution in [0.3, 0.4) is 0 Å². The fourth-order valence-electron chi connectivity index (χ4n) is 1.04. The zero-order chi connectivity index (χ0) is 11.5. The van der Waals surface area contributed by atoms with Crippen molar-refractivity contribution in [2.24, 2.45) is 0 Å². The summed E-state index contributed by atoms with van der Waals surface area (Å²) in [5, 5.41) is 3.08. The highest BCUT2D eigenvalue weighted by atomic mass is 32.2. The summed E-state index contributed by atoms with van der Waals surface area (Å²) in [7, 11) is -2.01. The number of nitrogens with one attached hydrogen (secondary N) is 2. The molecule has 6 heteroatoms. The Morgan fingerprint density at radius 2 is 2.00 bits per heavy atom. The molecular weight excluding hydrogens is 214 g/mol. The standard InChI is InChI=1S/C9H15N3O2S/c1-7(2)12-9-5-4-8(6-11-9)15(13,14)10-3/h4-7,10H,1-3H3,(H,11,12). The molecule has 1 aromatic heterocycles. The molecule has 0 aliphatic carbocycles. The second kappa shape index (κ2) is 4.59. The van der Waals surface area contributed by atoms with E-state index in [-0.39, 0.29) is 10.9 Å². The van der Waals surface area contributed by atoms with E-state index in [0.29, 0.717) is 5.82 Å². The summed E-state index contributed by atoms with van der Waals surface area (Å²) >= 11 is 0. The summed E-state index contributed by atoms with van der Waals surface area (Å²) in [6, 6.07) is 3.43. The molecule has 0 radical (unpaired) electrons. The van der Waals surface area contributed by atoms with Gasteiger partial charge in [-0.1, -0.05) is 0 Å². The van der Waals surface area contributed by atoms with Crippen molar-refractivity contribution in [1.82, 2.24) is 9.71 Å². The van der Waals surface area contributed by atoms with Crippen molar-refractivity contribution in [1.29, 1.82) is 0 Å².